The molecule has 0 saturated carbocycles. The highest BCUT2D eigenvalue weighted by Gasteiger charge is 2.08. The van der Waals surface area contributed by atoms with Crippen LogP contribution in [-0.2, 0) is 17.8 Å². The summed E-state index contributed by atoms with van der Waals surface area (Å²) in [6, 6.07) is 9.76. The van der Waals surface area contributed by atoms with Crippen molar-refractivity contribution in [3.8, 4) is 0 Å². The molecule has 1 amide bonds. The van der Waals surface area contributed by atoms with Crippen LogP contribution in [-0.4, -0.2) is 15.9 Å². The van der Waals surface area contributed by atoms with Crippen LogP contribution in [0.5, 0.6) is 0 Å². The second-order valence-corrected chi connectivity index (χ2v) is 5.95. The molecule has 24 heavy (non-hydrogen) atoms. The van der Waals surface area contributed by atoms with Crippen molar-refractivity contribution in [2.24, 2.45) is 0 Å². The zero-order valence-corrected chi connectivity index (χ0v) is 13.5. The highest BCUT2D eigenvalue weighted by atomic mass is 32.1. The van der Waals surface area contributed by atoms with Crippen molar-refractivity contribution in [1.29, 1.82) is 0 Å². The molecule has 0 bridgehead atoms. The van der Waals surface area contributed by atoms with Crippen LogP contribution in [0.3, 0.4) is 0 Å². The van der Waals surface area contributed by atoms with Gasteiger partial charge in [-0.1, -0.05) is 6.07 Å². The van der Waals surface area contributed by atoms with Gasteiger partial charge in [-0.2, -0.15) is 0 Å². The third kappa shape index (κ3) is 4.60. The summed E-state index contributed by atoms with van der Waals surface area (Å²) in [5.41, 5.74) is 2.38. The first-order valence-electron chi connectivity index (χ1n) is 7.31. The molecule has 3 rings (SSSR count). The van der Waals surface area contributed by atoms with Crippen molar-refractivity contribution in [3.63, 3.8) is 0 Å². The third-order valence-electron chi connectivity index (χ3n) is 3.20. The van der Waals surface area contributed by atoms with Gasteiger partial charge in [-0.15, -0.1) is 11.3 Å². The molecular formula is C17H15FN4OS. The number of benzene rings is 1. The quantitative estimate of drug-likeness (QED) is 0.721. The van der Waals surface area contributed by atoms with Crippen molar-refractivity contribution in [2.45, 2.75) is 13.0 Å². The largest absolute Gasteiger partial charge is 0.352 e. The van der Waals surface area contributed by atoms with Crippen LogP contribution < -0.4 is 10.6 Å². The number of carbonyl (C=O) groups is 1. The lowest BCUT2D eigenvalue weighted by Gasteiger charge is -2.04. The summed E-state index contributed by atoms with van der Waals surface area (Å²) in [6.07, 6.45) is 3.62. The summed E-state index contributed by atoms with van der Waals surface area (Å²) in [4.78, 5) is 20.3. The Morgan fingerprint density at radius 1 is 1.21 bits per heavy atom. The van der Waals surface area contributed by atoms with E-state index in [0.29, 0.717) is 17.4 Å². The predicted octanol–water partition coefficient (Wildman–Crippen LogP) is 3.28. The minimum absolute atomic E-state index is 0.0996. The minimum Gasteiger partial charge on any atom is -0.352 e. The van der Waals surface area contributed by atoms with E-state index in [9.17, 15) is 9.18 Å². The number of nitrogens with one attached hydrogen (secondary N) is 2. The Morgan fingerprint density at radius 2 is 2.04 bits per heavy atom. The Balaban J connectivity index is 1.51. The number of hydrogen-bond donors (Lipinski definition) is 2. The number of hydrogen-bond acceptors (Lipinski definition) is 5. The zero-order valence-electron chi connectivity index (χ0n) is 12.7. The van der Waals surface area contributed by atoms with E-state index in [2.05, 4.69) is 20.6 Å². The number of amides is 1. The van der Waals surface area contributed by atoms with E-state index in [1.165, 1.54) is 23.5 Å². The van der Waals surface area contributed by atoms with Gasteiger partial charge in [0.15, 0.2) is 5.13 Å². The SMILES string of the molecule is O=C(Cc1csc(Nc2ccc(F)cc2)n1)NCc1cccnc1. The fraction of sp³-hybridized carbons (Fsp3) is 0.118. The summed E-state index contributed by atoms with van der Waals surface area (Å²) in [5.74, 6) is -0.386. The summed E-state index contributed by atoms with van der Waals surface area (Å²) in [6.45, 7) is 0.442. The van der Waals surface area contributed by atoms with Crippen LogP contribution in [0.1, 0.15) is 11.3 Å². The maximum atomic E-state index is 12.9. The van der Waals surface area contributed by atoms with Crippen molar-refractivity contribution in [2.75, 3.05) is 5.32 Å². The highest BCUT2D eigenvalue weighted by molar-refractivity contribution is 7.13. The molecular weight excluding hydrogens is 327 g/mol. The van der Waals surface area contributed by atoms with Crippen LogP contribution >= 0.6 is 11.3 Å². The molecule has 2 N–H and O–H groups in total. The van der Waals surface area contributed by atoms with E-state index in [1.807, 2.05) is 17.5 Å². The number of halogens is 1. The molecule has 2 heterocycles. The first-order valence-corrected chi connectivity index (χ1v) is 8.19. The molecule has 0 aliphatic carbocycles. The Labute approximate surface area is 142 Å². The number of thiazole rings is 1. The monoisotopic (exact) mass is 342 g/mol. The fourth-order valence-corrected chi connectivity index (χ4v) is 2.76. The van der Waals surface area contributed by atoms with Crippen LogP contribution in [0.25, 0.3) is 0 Å². The molecule has 0 fully saturated rings. The molecule has 0 spiro atoms. The topological polar surface area (TPSA) is 66.9 Å². The first kappa shape index (κ1) is 16.1. The lowest BCUT2D eigenvalue weighted by atomic mass is 10.2. The van der Waals surface area contributed by atoms with E-state index in [1.54, 1.807) is 24.5 Å². The van der Waals surface area contributed by atoms with E-state index >= 15 is 0 Å². The number of carbonyl (C=O) groups excluding carboxylic acids is 1. The van der Waals surface area contributed by atoms with E-state index in [-0.39, 0.29) is 18.1 Å². The first-order chi connectivity index (χ1) is 11.7. The second-order valence-electron chi connectivity index (χ2n) is 5.09. The number of pyridine rings is 1. The number of aromatic nitrogens is 2. The molecule has 2 aromatic heterocycles. The molecule has 0 saturated heterocycles. The van der Waals surface area contributed by atoms with Gasteiger partial charge < -0.3 is 10.6 Å². The van der Waals surface area contributed by atoms with Crippen LogP contribution in [0.4, 0.5) is 15.2 Å². The van der Waals surface area contributed by atoms with Gasteiger partial charge in [0.05, 0.1) is 12.1 Å². The molecule has 1 aromatic carbocycles. The lowest BCUT2D eigenvalue weighted by Crippen LogP contribution is -2.24. The Hall–Kier alpha value is -2.80. The molecule has 0 radical (unpaired) electrons. The smallest absolute Gasteiger partial charge is 0.226 e. The average Bonchev–Trinajstić information content (AvgIpc) is 3.03. The van der Waals surface area contributed by atoms with Crippen molar-refractivity contribution in [1.82, 2.24) is 15.3 Å². The van der Waals surface area contributed by atoms with Gasteiger partial charge in [0, 0.05) is 30.0 Å². The zero-order chi connectivity index (χ0) is 16.8. The predicted molar refractivity (Wildman–Crippen MR) is 91.6 cm³/mol. The number of anilines is 2. The van der Waals surface area contributed by atoms with Crippen molar-refractivity contribution < 1.29 is 9.18 Å². The summed E-state index contributed by atoms with van der Waals surface area (Å²) < 4.78 is 12.9. The fourth-order valence-electron chi connectivity index (χ4n) is 2.03. The van der Waals surface area contributed by atoms with Gasteiger partial charge >= 0.3 is 0 Å². The minimum atomic E-state index is -0.286. The summed E-state index contributed by atoms with van der Waals surface area (Å²) in [7, 11) is 0. The second kappa shape index (κ2) is 7.65. The number of rotatable bonds is 6. The molecule has 0 aliphatic heterocycles. The molecule has 5 nitrogen and oxygen atoms in total. The van der Waals surface area contributed by atoms with Gasteiger partial charge in [0.1, 0.15) is 5.82 Å². The Kier molecular flexibility index (Phi) is 5.12. The van der Waals surface area contributed by atoms with Crippen molar-refractivity contribution >= 4 is 28.1 Å². The Bertz CT molecular complexity index is 805. The standard InChI is InChI=1S/C17H15FN4OS/c18-13-3-5-14(6-4-13)21-17-22-15(11-24-17)8-16(23)20-10-12-2-1-7-19-9-12/h1-7,9,11H,8,10H2,(H,20,23)(H,21,22). The van der Waals surface area contributed by atoms with Crippen LogP contribution in [0.2, 0.25) is 0 Å². The molecule has 0 aliphatic rings. The van der Waals surface area contributed by atoms with Crippen molar-refractivity contribution in [3.05, 3.63) is 71.2 Å². The maximum absolute atomic E-state index is 12.9. The number of nitrogens with zero attached hydrogens (tertiary/aromatic N) is 2. The maximum Gasteiger partial charge on any atom is 0.226 e. The van der Waals surface area contributed by atoms with Gasteiger partial charge in [-0.3, -0.25) is 9.78 Å². The van der Waals surface area contributed by atoms with Crippen LogP contribution in [0, 0.1) is 5.82 Å². The Morgan fingerprint density at radius 3 is 2.79 bits per heavy atom. The molecule has 0 atom stereocenters. The highest BCUT2D eigenvalue weighted by Crippen LogP contribution is 2.21. The van der Waals surface area contributed by atoms with Gasteiger partial charge in [0.2, 0.25) is 5.91 Å². The van der Waals surface area contributed by atoms with Gasteiger partial charge in [-0.25, -0.2) is 9.37 Å². The van der Waals surface area contributed by atoms with Gasteiger partial charge in [-0.05, 0) is 35.9 Å². The summed E-state index contributed by atoms with van der Waals surface area (Å²) >= 11 is 1.40. The molecule has 3 aromatic rings. The van der Waals surface area contributed by atoms with Gasteiger partial charge in [0.25, 0.3) is 0 Å². The van der Waals surface area contributed by atoms with E-state index in [0.717, 1.165) is 11.3 Å². The third-order valence-corrected chi connectivity index (χ3v) is 4.01. The normalized spacial score (nSPS) is 10.4. The average molecular weight is 342 g/mol. The molecule has 122 valence electrons. The summed E-state index contributed by atoms with van der Waals surface area (Å²) in [5, 5.41) is 8.41. The molecule has 7 heteroatoms. The van der Waals surface area contributed by atoms with E-state index in [4.69, 9.17) is 0 Å². The van der Waals surface area contributed by atoms with Crippen LogP contribution in [0.15, 0.2) is 54.2 Å². The van der Waals surface area contributed by atoms with E-state index < -0.39 is 0 Å². The lowest BCUT2D eigenvalue weighted by molar-refractivity contribution is -0.120. The molecule has 0 unspecified atom stereocenters.